The van der Waals surface area contributed by atoms with E-state index in [0.717, 1.165) is 4.88 Å². The van der Waals surface area contributed by atoms with Crippen LogP contribution in [0.1, 0.15) is 44.0 Å². The Morgan fingerprint density at radius 1 is 1.45 bits per heavy atom. The SMILES string of the molecule is CC(CCCC(=O)O)NC(=O)N(C)C(C)c1cccs1. The van der Waals surface area contributed by atoms with Crippen molar-refractivity contribution in [2.24, 2.45) is 0 Å². The minimum absolute atomic E-state index is 0.0279. The van der Waals surface area contributed by atoms with Gasteiger partial charge in [0.25, 0.3) is 0 Å². The minimum atomic E-state index is -0.799. The summed E-state index contributed by atoms with van der Waals surface area (Å²) in [5.74, 6) is -0.799. The van der Waals surface area contributed by atoms with E-state index in [9.17, 15) is 9.59 Å². The predicted octanol–water partition coefficient (Wildman–Crippen LogP) is 3.09. The molecule has 0 aromatic carbocycles. The van der Waals surface area contributed by atoms with Crippen LogP contribution in [0.15, 0.2) is 17.5 Å². The van der Waals surface area contributed by atoms with Gasteiger partial charge in [0.1, 0.15) is 0 Å². The van der Waals surface area contributed by atoms with Crippen molar-refractivity contribution in [1.82, 2.24) is 10.2 Å². The van der Waals surface area contributed by atoms with E-state index < -0.39 is 5.97 Å². The number of nitrogens with zero attached hydrogens (tertiary/aromatic N) is 1. The van der Waals surface area contributed by atoms with Crippen LogP contribution in [0.4, 0.5) is 4.79 Å². The Balaban J connectivity index is 2.39. The highest BCUT2D eigenvalue weighted by Gasteiger charge is 2.19. The van der Waals surface area contributed by atoms with Crippen LogP contribution in [0, 0.1) is 0 Å². The number of carboxylic acid groups (broad SMARTS) is 1. The minimum Gasteiger partial charge on any atom is -0.481 e. The third kappa shape index (κ3) is 5.21. The maximum Gasteiger partial charge on any atom is 0.317 e. The van der Waals surface area contributed by atoms with Gasteiger partial charge in [0.05, 0.1) is 6.04 Å². The quantitative estimate of drug-likeness (QED) is 0.812. The summed E-state index contributed by atoms with van der Waals surface area (Å²) in [4.78, 5) is 25.3. The lowest BCUT2D eigenvalue weighted by Crippen LogP contribution is -2.42. The molecule has 1 aromatic rings. The Kier molecular flexibility index (Phi) is 6.51. The topological polar surface area (TPSA) is 69.6 Å². The summed E-state index contributed by atoms with van der Waals surface area (Å²) in [5, 5.41) is 13.5. The number of carboxylic acids is 1. The van der Waals surface area contributed by atoms with E-state index in [1.807, 2.05) is 31.4 Å². The van der Waals surface area contributed by atoms with Gasteiger partial charge in [-0.05, 0) is 38.1 Å². The van der Waals surface area contributed by atoms with Gasteiger partial charge in [-0.15, -0.1) is 11.3 Å². The molecule has 1 heterocycles. The molecule has 6 heteroatoms. The molecule has 0 aliphatic rings. The molecular weight excluding hydrogens is 276 g/mol. The second kappa shape index (κ2) is 7.89. The molecule has 2 atom stereocenters. The lowest BCUT2D eigenvalue weighted by Gasteiger charge is -2.26. The largest absolute Gasteiger partial charge is 0.481 e. The molecule has 0 spiro atoms. The van der Waals surface area contributed by atoms with E-state index in [-0.39, 0.29) is 24.5 Å². The number of carbonyl (C=O) groups excluding carboxylic acids is 1. The molecule has 0 aliphatic carbocycles. The summed E-state index contributed by atoms with van der Waals surface area (Å²) in [6.07, 6.45) is 1.38. The van der Waals surface area contributed by atoms with Crippen molar-refractivity contribution < 1.29 is 14.7 Å². The fourth-order valence-corrected chi connectivity index (χ4v) is 2.67. The van der Waals surface area contributed by atoms with Crippen LogP contribution in [0.25, 0.3) is 0 Å². The highest BCUT2D eigenvalue weighted by Crippen LogP contribution is 2.23. The van der Waals surface area contributed by atoms with Crippen molar-refractivity contribution in [2.45, 2.75) is 45.2 Å². The van der Waals surface area contributed by atoms with Crippen LogP contribution in [0.3, 0.4) is 0 Å². The Morgan fingerprint density at radius 3 is 2.70 bits per heavy atom. The second-order valence-corrected chi connectivity index (χ2v) is 5.92. The first kappa shape index (κ1) is 16.5. The zero-order chi connectivity index (χ0) is 15.1. The summed E-state index contributed by atoms with van der Waals surface area (Å²) < 4.78 is 0. The first-order valence-corrected chi connectivity index (χ1v) is 7.58. The highest BCUT2D eigenvalue weighted by atomic mass is 32.1. The van der Waals surface area contributed by atoms with Crippen LogP contribution >= 0.6 is 11.3 Å². The Morgan fingerprint density at radius 2 is 2.15 bits per heavy atom. The van der Waals surface area contributed by atoms with Gasteiger partial charge < -0.3 is 15.3 Å². The number of rotatable bonds is 7. The molecule has 0 saturated carbocycles. The van der Waals surface area contributed by atoms with Crippen molar-refractivity contribution >= 4 is 23.3 Å². The van der Waals surface area contributed by atoms with Crippen LogP contribution < -0.4 is 5.32 Å². The van der Waals surface area contributed by atoms with E-state index in [0.29, 0.717) is 12.8 Å². The van der Waals surface area contributed by atoms with Crippen molar-refractivity contribution in [3.63, 3.8) is 0 Å². The molecule has 0 radical (unpaired) electrons. The number of hydrogen-bond acceptors (Lipinski definition) is 3. The zero-order valence-corrected chi connectivity index (χ0v) is 12.9. The molecule has 112 valence electrons. The maximum atomic E-state index is 12.1. The molecule has 1 aromatic heterocycles. The molecule has 20 heavy (non-hydrogen) atoms. The first-order chi connectivity index (χ1) is 9.41. The van der Waals surface area contributed by atoms with Gasteiger partial charge in [0, 0.05) is 24.4 Å². The molecule has 0 aliphatic heterocycles. The number of hydrogen-bond donors (Lipinski definition) is 2. The molecule has 2 N–H and O–H groups in total. The molecule has 2 unspecified atom stereocenters. The average Bonchev–Trinajstić information content (AvgIpc) is 2.90. The van der Waals surface area contributed by atoms with Crippen LogP contribution in [0.5, 0.6) is 0 Å². The summed E-state index contributed by atoms with van der Waals surface area (Å²) >= 11 is 1.63. The zero-order valence-electron chi connectivity index (χ0n) is 12.1. The number of urea groups is 1. The standard InChI is InChI=1S/C14H22N2O3S/c1-10(6-4-8-13(17)18)15-14(19)16(3)11(2)12-7-5-9-20-12/h5,7,9-11H,4,6,8H2,1-3H3,(H,15,19)(H,17,18). The third-order valence-corrected chi connectivity index (χ3v) is 4.30. The normalized spacial score (nSPS) is 13.6. The van der Waals surface area contributed by atoms with Crippen molar-refractivity contribution in [3.8, 4) is 0 Å². The Hall–Kier alpha value is -1.56. The summed E-state index contributed by atoms with van der Waals surface area (Å²) in [5.41, 5.74) is 0. The number of aliphatic carboxylic acids is 1. The van der Waals surface area contributed by atoms with E-state index in [2.05, 4.69) is 5.32 Å². The van der Waals surface area contributed by atoms with Crippen LogP contribution in [0.2, 0.25) is 0 Å². The predicted molar refractivity (Wildman–Crippen MR) is 80.0 cm³/mol. The molecule has 5 nitrogen and oxygen atoms in total. The average molecular weight is 298 g/mol. The molecule has 1 rings (SSSR count). The van der Waals surface area contributed by atoms with E-state index in [1.165, 1.54) is 0 Å². The second-order valence-electron chi connectivity index (χ2n) is 4.94. The van der Waals surface area contributed by atoms with Gasteiger partial charge in [-0.1, -0.05) is 6.07 Å². The summed E-state index contributed by atoms with van der Waals surface area (Å²) in [7, 11) is 1.77. The van der Waals surface area contributed by atoms with Crippen molar-refractivity contribution in [1.29, 1.82) is 0 Å². The Bertz CT molecular complexity index is 434. The maximum absolute atomic E-state index is 12.1. The molecule has 2 amide bonds. The van der Waals surface area contributed by atoms with Gasteiger partial charge in [0.2, 0.25) is 0 Å². The summed E-state index contributed by atoms with van der Waals surface area (Å²) in [6.45, 7) is 3.88. The number of carbonyl (C=O) groups is 2. The highest BCUT2D eigenvalue weighted by molar-refractivity contribution is 7.10. The summed E-state index contributed by atoms with van der Waals surface area (Å²) in [6, 6.07) is 3.85. The lowest BCUT2D eigenvalue weighted by atomic mass is 10.1. The smallest absolute Gasteiger partial charge is 0.317 e. The van der Waals surface area contributed by atoms with E-state index in [1.54, 1.807) is 23.3 Å². The van der Waals surface area contributed by atoms with E-state index in [4.69, 9.17) is 5.11 Å². The monoisotopic (exact) mass is 298 g/mol. The molecule has 0 bridgehead atoms. The number of nitrogens with one attached hydrogen (secondary N) is 1. The van der Waals surface area contributed by atoms with Crippen LogP contribution in [-0.2, 0) is 4.79 Å². The Labute approximate surface area is 123 Å². The van der Waals surface area contributed by atoms with Gasteiger partial charge in [-0.2, -0.15) is 0 Å². The number of thiophene rings is 1. The number of amides is 2. The van der Waals surface area contributed by atoms with Crippen molar-refractivity contribution in [2.75, 3.05) is 7.05 Å². The van der Waals surface area contributed by atoms with Gasteiger partial charge in [0.15, 0.2) is 0 Å². The first-order valence-electron chi connectivity index (χ1n) is 6.70. The molecule has 0 fully saturated rings. The van der Waals surface area contributed by atoms with Gasteiger partial charge in [-0.3, -0.25) is 4.79 Å². The van der Waals surface area contributed by atoms with Gasteiger partial charge in [-0.25, -0.2) is 4.79 Å². The molecular formula is C14H22N2O3S. The fourth-order valence-electron chi connectivity index (χ4n) is 1.84. The van der Waals surface area contributed by atoms with Crippen LogP contribution in [-0.4, -0.2) is 35.1 Å². The lowest BCUT2D eigenvalue weighted by molar-refractivity contribution is -0.137. The van der Waals surface area contributed by atoms with E-state index >= 15 is 0 Å². The van der Waals surface area contributed by atoms with Crippen molar-refractivity contribution in [3.05, 3.63) is 22.4 Å². The fraction of sp³-hybridized carbons (Fsp3) is 0.571. The third-order valence-electron chi connectivity index (χ3n) is 3.25. The molecule has 0 saturated heterocycles. The van der Waals surface area contributed by atoms with Gasteiger partial charge >= 0.3 is 12.0 Å².